The molecule has 11 heteroatoms. The van der Waals surface area contributed by atoms with Gasteiger partial charge in [-0.3, -0.25) is 9.59 Å². The summed E-state index contributed by atoms with van der Waals surface area (Å²) in [5.41, 5.74) is 1.41. The van der Waals surface area contributed by atoms with Crippen LogP contribution in [0.1, 0.15) is 24.4 Å². The number of ether oxygens (including phenoxy) is 1. The van der Waals surface area contributed by atoms with Gasteiger partial charge in [-0.2, -0.15) is 4.98 Å². The summed E-state index contributed by atoms with van der Waals surface area (Å²) in [5, 5.41) is 6.19. The molecule has 2 unspecified atom stereocenters. The zero-order valence-corrected chi connectivity index (χ0v) is 21.8. The number of thioether (sulfide) groups is 1. The molecule has 2 N–H and O–H groups in total. The van der Waals surface area contributed by atoms with E-state index in [4.69, 9.17) is 4.74 Å². The summed E-state index contributed by atoms with van der Waals surface area (Å²) in [5.74, 6) is 1.03. The molecule has 3 aliphatic heterocycles. The van der Waals surface area contributed by atoms with Gasteiger partial charge >= 0.3 is 6.03 Å². The molecule has 0 aliphatic carbocycles. The van der Waals surface area contributed by atoms with Crippen LogP contribution in [0.2, 0.25) is 0 Å². The van der Waals surface area contributed by atoms with Crippen molar-refractivity contribution >= 4 is 41.1 Å². The SMILES string of the molecule is C=CC(=O)N1CCCC(NC(=O)[C@@H]2Sc3nccc4c3C2NC(=O)N4c2cccc(Oc3ccccc3)n2)C1. The lowest BCUT2D eigenvalue weighted by molar-refractivity contribution is -0.129. The third-order valence-electron chi connectivity index (χ3n) is 6.92. The molecule has 198 valence electrons. The maximum Gasteiger partial charge on any atom is 0.328 e. The van der Waals surface area contributed by atoms with Gasteiger partial charge in [0, 0.05) is 37.0 Å². The van der Waals surface area contributed by atoms with Crippen molar-refractivity contribution in [1.29, 1.82) is 0 Å². The lowest BCUT2D eigenvalue weighted by Gasteiger charge is -2.35. The summed E-state index contributed by atoms with van der Waals surface area (Å²) in [6.45, 7) is 4.64. The molecular formula is C28H26N6O4S. The number of rotatable bonds is 6. The Kier molecular flexibility index (Phi) is 6.65. The van der Waals surface area contributed by atoms with Gasteiger partial charge in [0.1, 0.15) is 21.8 Å². The van der Waals surface area contributed by atoms with Gasteiger partial charge in [-0.15, -0.1) is 0 Å². The van der Waals surface area contributed by atoms with Gasteiger partial charge in [0.15, 0.2) is 0 Å². The fourth-order valence-corrected chi connectivity index (χ4v) is 6.39. The minimum Gasteiger partial charge on any atom is -0.439 e. The quantitative estimate of drug-likeness (QED) is 0.453. The van der Waals surface area contributed by atoms with Crippen LogP contribution in [0, 0.1) is 0 Å². The number of piperidine rings is 1. The molecule has 0 bridgehead atoms. The number of pyridine rings is 2. The Balaban J connectivity index is 1.23. The molecule has 2 aromatic heterocycles. The molecule has 4 amide bonds. The van der Waals surface area contributed by atoms with Gasteiger partial charge in [-0.25, -0.2) is 14.7 Å². The molecule has 1 aromatic carbocycles. The summed E-state index contributed by atoms with van der Waals surface area (Å²) in [7, 11) is 0. The number of hydrogen-bond acceptors (Lipinski definition) is 7. The van der Waals surface area contributed by atoms with Crippen LogP contribution in [0.3, 0.4) is 0 Å². The van der Waals surface area contributed by atoms with Crippen LogP contribution in [0.5, 0.6) is 11.6 Å². The second kappa shape index (κ2) is 10.4. The van der Waals surface area contributed by atoms with Crippen molar-refractivity contribution < 1.29 is 19.1 Å². The maximum atomic E-state index is 13.4. The number of hydrogen-bond donors (Lipinski definition) is 2. The Bertz CT molecular complexity index is 1450. The van der Waals surface area contributed by atoms with E-state index in [1.165, 1.54) is 22.7 Å². The van der Waals surface area contributed by atoms with E-state index in [0.717, 1.165) is 18.4 Å². The summed E-state index contributed by atoms with van der Waals surface area (Å²) < 4.78 is 5.87. The largest absolute Gasteiger partial charge is 0.439 e. The number of nitrogens with one attached hydrogen (secondary N) is 2. The van der Waals surface area contributed by atoms with Crippen LogP contribution < -0.4 is 20.3 Å². The van der Waals surface area contributed by atoms with Gasteiger partial charge in [0.05, 0.1) is 11.7 Å². The normalized spacial score (nSPS) is 21.5. The minimum absolute atomic E-state index is 0.142. The van der Waals surface area contributed by atoms with E-state index in [-0.39, 0.29) is 17.9 Å². The van der Waals surface area contributed by atoms with E-state index in [0.29, 0.717) is 41.3 Å². The molecule has 6 rings (SSSR count). The Morgan fingerprint density at radius 3 is 2.82 bits per heavy atom. The molecule has 3 aromatic rings. The molecule has 5 heterocycles. The zero-order chi connectivity index (χ0) is 26.9. The number of likely N-dealkylation sites (tertiary alicyclic amines) is 1. The number of carbonyl (C=O) groups excluding carboxylic acids is 3. The lowest BCUT2D eigenvalue weighted by Crippen LogP contribution is -2.53. The number of para-hydroxylation sites is 1. The van der Waals surface area contributed by atoms with Crippen LogP contribution in [0.15, 0.2) is 78.5 Å². The van der Waals surface area contributed by atoms with Gasteiger partial charge in [-0.05, 0) is 43.2 Å². The number of nitrogens with zero attached hydrogens (tertiary/aromatic N) is 4. The molecule has 39 heavy (non-hydrogen) atoms. The average molecular weight is 543 g/mol. The van der Waals surface area contributed by atoms with Crippen LogP contribution in [-0.4, -0.2) is 57.1 Å². The van der Waals surface area contributed by atoms with Crippen LogP contribution in [0.4, 0.5) is 16.3 Å². The Morgan fingerprint density at radius 2 is 2.00 bits per heavy atom. The van der Waals surface area contributed by atoms with Crippen molar-refractivity contribution in [3.05, 3.63) is 79.0 Å². The van der Waals surface area contributed by atoms with Gasteiger partial charge in [-0.1, -0.05) is 42.6 Å². The van der Waals surface area contributed by atoms with E-state index in [1.54, 1.807) is 35.4 Å². The van der Waals surface area contributed by atoms with Crippen molar-refractivity contribution in [3.63, 3.8) is 0 Å². The maximum absolute atomic E-state index is 13.4. The molecule has 1 saturated heterocycles. The third kappa shape index (κ3) is 4.81. The number of carbonyl (C=O) groups is 3. The van der Waals surface area contributed by atoms with Crippen molar-refractivity contribution in [2.45, 2.75) is 35.2 Å². The van der Waals surface area contributed by atoms with E-state index in [9.17, 15) is 14.4 Å². The summed E-state index contributed by atoms with van der Waals surface area (Å²) in [6.07, 6.45) is 4.50. The fourth-order valence-electron chi connectivity index (χ4n) is 5.15. The Hall–Kier alpha value is -4.38. The monoisotopic (exact) mass is 542 g/mol. The van der Waals surface area contributed by atoms with Gasteiger partial charge < -0.3 is 20.3 Å². The highest BCUT2D eigenvalue weighted by Gasteiger charge is 2.47. The zero-order valence-electron chi connectivity index (χ0n) is 20.9. The number of amides is 4. The first kappa shape index (κ1) is 24.9. The third-order valence-corrected chi connectivity index (χ3v) is 8.21. The highest BCUT2D eigenvalue weighted by molar-refractivity contribution is 8.01. The van der Waals surface area contributed by atoms with Crippen molar-refractivity contribution in [1.82, 2.24) is 25.5 Å². The second-order valence-corrected chi connectivity index (χ2v) is 10.6. The van der Waals surface area contributed by atoms with E-state index in [1.807, 2.05) is 30.3 Å². The molecule has 1 fully saturated rings. The fraction of sp³-hybridized carbons (Fsp3) is 0.250. The predicted octanol–water partition coefficient (Wildman–Crippen LogP) is 3.94. The topological polar surface area (TPSA) is 117 Å². The van der Waals surface area contributed by atoms with E-state index >= 15 is 0 Å². The molecule has 3 atom stereocenters. The highest BCUT2D eigenvalue weighted by atomic mass is 32.2. The second-order valence-electron chi connectivity index (χ2n) is 9.44. The highest BCUT2D eigenvalue weighted by Crippen LogP contribution is 2.50. The van der Waals surface area contributed by atoms with Crippen molar-refractivity contribution in [2.24, 2.45) is 0 Å². The van der Waals surface area contributed by atoms with E-state index < -0.39 is 17.3 Å². The number of benzene rings is 1. The molecule has 0 saturated carbocycles. The number of anilines is 2. The van der Waals surface area contributed by atoms with Crippen LogP contribution in [0.25, 0.3) is 0 Å². The predicted molar refractivity (Wildman–Crippen MR) is 146 cm³/mol. The average Bonchev–Trinajstić information content (AvgIpc) is 3.33. The standard InChI is InChI=1S/C28H26N6O4S/c1-2-22(35)33-15-7-8-17(16-33)30-26(36)25-24-23-19(13-14-29-27(23)39-25)34(28(37)32-24)20-11-6-12-21(31-20)38-18-9-4-3-5-10-18/h2-6,9-14,17,24-25H,1,7-8,15-16H2,(H,30,36)(H,32,37)/t17?,24?,25-/m1/s1. The van der Waals surface area contributed by atoms with Crippen LogP contribution in [-0.2, 0) is 9.59 Å². The first-order chi connectivity index (χ1) is 19.0. The van der Waals surface area contributed by atoms with Gasteiger partial charge in [0.25, 0.3) is 0 Å². The number of urea groups is 1. The smallest absolute Gasteiger partial charge is 0.328 e. The molecule has 10 nitrogen and oxygen atoms in total. The number of aromatic nitrogens is 2. The molecule has 0 radical (unpaired) electrons. The summed E-state index contributed by atoms with van der Waals surface area (Å²) in [4.78, 5) is 51.2. The molecule has 3 aliphatic rings. The van der Waals surface area contributed by atoms with Crippen molar-refractivity contribution in [3.8, 4) is 11.6 Å². The summed E-state index contributed by atoms with van der Waals surface area (Å²) >= 11 is 1.33. The lowest BCUT2D eigenvalue weighted by atomic mass is 9.99. The van der Waals surface area contributed by atoms with E-state index in [2.05, 4.69) is 27.2 Å². The first-order valence-electron chi connectivity index (χ1n) is 12.7. The summed E-state index contributed by atoms with van der Waals surface area (Å²) in [6, 6.07) is 15.2. The van der Waals surface area contributed by atoms with Crippen LogP contribution >= 0.6 is 11.8 Å². The van der Waals surface area contributed by atoms with Crippen molar-refractivity contribution in [2.75, 3.05) is 18.0 Å². The molecular weight excluding hydrogens is 516 g/mol. The first-order valence-corrected chi connectivity index (χ1v) is 13.6. The Morgan fingerprint density at radius 1 is 1.15 bits per heavy atom. The molecule has 0 spiro atoms. The minimum atomic E-state index is -0.592. The Labute approximate surface area is 229 Å². The van der Waals surface area contributed by atoms with Gasteiger partial charge in [0.2, 0.25) is 17.7 Å².